The van der Waals surface area contributed by atoms with Crippen molar-refractivity contribution < 1.29 is 19.1 Å². The Hall–Kier alpha value is -2.57. The normalized spacial score (nSPS) is 11.2. The first kappa shape index (κ1) is 15.5. The van der Waals surface area contributed by atoms with E-state index in [1.165, 1.54) is 6.92 Å². The molecule has 0 heterocycles. The molecule has 0 spiro atoms. The minimum Gasteiger partial charge on any atom is -0.445 e. The van der Waals surface area contributed by atoms with Crippen LogP contribution in [0.15, 0.2) is 30.3 Å². The van der Waals surface area contributed by atoms with Crippen molar-refractivity contribution >= 4 is 17.9 Å². The Balaban J connectivity index is 2.23. The van der Waals surface area contributed by atoms with Crippen LogP contribution in [0.5, 0.6) is 0 Å². The predicted octanol–water partition coefficient (Wildman–Crippen LogP) is -0.0972. The van der Waals surface area contributed by atoms with Crippen molar-refractivity contribution in [3.63, 3.8) is 0 Å². The molecule has 0 aliphatic rings. The summed E-state index contributed by atoms with van der Waals surface area (Å²) in [5.41, 5.74) is 5.83. The summed E-state index contributed by atoms with van der Waals surface area (Å²) in [5, 5.41) is 4.60. The Kier molecular flexibility index (Phi) is 6.02. The zero-order chi connectivity index (χ0) is 15.0. The average molecular weight is 279 g/mol. The molecule has 7 heteroatoms. The highest BCUT2D eigenvalue weighted by atomic mass is 16.5. The third-order valence-electron chi connectivity index (χ3n) is 2.41. The first-order chi connectivity index (χ1) is 9.49. The number of rotatable bonds is 6. The van der Waals surface area contributed by atoms with Crippen molar-refractivity contribution in [1.29, 1.82) is 0 Å². The summed E-state index contributed by atoms with van der Waals surface area (Å²) >= 11 is 0. The highest BCUT2D eigenvalue weighted by molar-refractivity contribution is 5.88. The van der Waals surface area contributed by atoms with E-state index in [4.69, 9.17) is 10.5 Å². The molecule has 20 heavy (non-hydrogen) atoms. The van der Waals surface area contributed by atoms with Gasteiger partial charge in [-0.25, -0.2) is 4.79 Å². The van der Waals surface area contributed by atoms with E-state index in [0.717, 1.165) is 5.56 Å². The number of hydrogen-bond donors (Lipinski definition) is 3. The van der Waals surface area contributed by atoms with Crippen LogP contribution in [0, 0.1) is 0 Å². The Morgan fingerprint density at radius 3 is 2.50 bits per heavy atom. The maximum atomic E-state index is 11.3. The Morgan fingerprint density at radius 1 is 1.25 bits per heavy atom. The maximum absolute atomic E-state index is 11.3. The smallest absolute Gasteiger partial charge is 0.407 e. The van der Waals surface area contributed by atoms with Crippen LogP contribution in [0.25, 0.3) is 0 Å². The number of primary amides is 1. The van der Waals surface area contributed by atoms with Crippen molar-refractivity contribution in [3.8, 4) is 0 Å². The molecular formula is C13H17N3O4. The molecule has 4 N–H and O–H groups in total. The van der Waals surface area contributed by atoms with Crippen LogP contribution >= 0.6 is 0 Å². The fourth-order valence-corrected chi connectivity index (χ4v) is 1.29. The lowest BCUT2D eigenvalue weighted by Crippen LogP contribution is -2.46. The van der Waals surface area contributed by atoms with Crippen molar-refractivity contribution in [2.75, 3.05) is 6.54 Å². The van der Waals surface area contributed by atoms with Crippen LogP contribution in [-0.4, -0.2) is 30.5 Å². The molecule has 0 fully saturated rings. The molecule has 3 amide bonds. The van der Waals surface area contributed by atoms with Gasteiger partial charge < -0.3 is 21.1 Å². The molecule has 7 nitrogen and oxygen atoms in total. The number of alkyl carbamates (subject to hydrolysis) is 1. The van der Waals surface area contributed by atoms with Crippen LogP contribution in [0.4, 0.5) is 4.79 Å². The van der Waals surface area contributed by atoms with Crippen LogP contribution in [0.3, 0.4) is 0 Å². The fourth-order valence-electron chi connectivity index (χ4n) is 1.29. The fraction of sp³-hybridized carbons (Fsp3) is 0.308. The Labute approximate surface area is 116 Å². The summed E-state index contributed by atoms with van der Waals surface area (Å²) in [6.07, 6.45) is -0.712. The van der Waals surface area contributed by atoms with Crippen LogP contribution in [0.1, 0.15) is 12.5 Å². The molecule has 0 saturated carbocycles. The van der Waals surface area contributed by atoms with Gasteiger partial charge in [-0.3, -0.25) is 9.59 Å². The van der Waals surface area contributed by atoms with Gasteiger partial charge in [0.2, 0.25) is 11.8 Å². The van der Waals surface area contributed by atoms with E-state index in [-0.39, 0.29) is 13.2 Å². The van der Waals surface area contributed by atoms with Gasteiger partial charge in [-0.1, -0.05) is 30.3 Å². The highest BCUT2D eigenvalue weighted by Crippen LogP contribution is 2.00. The van der Waals surface area contributed by atoms with Crippen molar-refractivity contribution in [3.05, 3.63) is 35.9 Å². The second-order valence-corrected chi connectivity index (χ2v) is 4.11. The standard InChI is InChI=1S/C13H17N3O4/c1-9(12(14)18)16-11(17)7-15-13(19)20-8-10-5-3-2-4-6-10/h2-6,9H,7-8H2,1H3,(H2,14,18)(H,15,19)(H,16,17)/t9-/m1/s1. The Bertz CT molecular complexity index is 476. The number of nitrogens with one attached hydrogen (secondary N) is 2. The van der Waals surface area contributed by atoms with E-state index in [9.17, 15) is 14.4 Å². The van der Waals surface area contributed by atoms with E-state index >= 15 is 0 Å². The van der Waals surface area contributed by atoms with Crippen LogP contribution in [-0.2, 0) is 20.9 Å². The maximum Gasteiger partial charge on any atom is 0.407 e. The van der Waals surface area contributed by atoms with E-state index in [2.05, 4.69) is 10.6 Å². The highest BCUT2D eigenvalue weighted by Gasteiger charge is 2.12. The van der Waals surface area contributed by atoms with Crippen molar-refractivity contribution in [1.82, 2.24) is 10.6 Å². The zero-order valence-corrected chi connectivity index (χ0v) is 11.1. The summed E-state index contributed by atoms with van der Waals surface area (Å²) < 4.78 is 4.91. The third kappa shape index (κ3) is 5.85. The molecule has 1 atom stereocenters. The van der Waals surface area contributed by atoms with Crippen molar-refractivity contribution in [2.24, 2.45) is 5.73 Å². The average Bonchev–Trinajstić information content (AvgIpc) is 2.43. The second kappa shape index (κ2) is 7.78. The molecule has 108 valence electrons. The van der Waals surface area contributed by atoms with Crippen molar-refractivity contribution in [2.45, 2.75) is 19.6 Å². The molecular weight excluding hydrogens is 262 g/mol. The van der Waals surface area contributed by atoms with E-state index < -0.39 is 23.9 Å². The van der Waals surface area contributed by atoms with E-state index in [1.54, 1.807) is 0 Å². The summed E-state index contributed by atoms with van der Waals surface area (Å²) in [6, 6.07) is 8.35. The minimum atomic E-state index is -0.787. The van der Waals surface area contributed by atoms with Gasteiger partial charge in [-0.15, -0.1) is 0 Å². The molecule has 1 aromatic rings. The first-order valence-electron chi connectivity index (χ1n) is 6.02. The summed E-state index contributed by atoms with van der Waals surface area (Å²) in [6.45, 7) is 1.28. The molecule has 0 unspecified atom stereocenters. The molecule has 1 rings (SSSR count). The lowest BCUT2D eigenvalue weighted by Gasteiger charge is -2.11. The van der Waals surface area contributed by atoms with Crippen LogP contribution in [0.2, 0.25) is 0 Å². The number of carbonyl (C=O) groups excluding carboxylic acids is 3. The number of ether oxygens (including phenoxy) is 1. The molecule has 0 radical (unpaired) electrons. The molecule has 1 aromatic carbocycles. The number of nitrogens with two attached hydrogens (primary N) is 1. The monoisotopic (exact) mass is 279 g/mol. The van der Waals surface area contributed by atoms with Gasteiger partial charge in [0.25, 0.3) is 0 Å². The number of benzene rings is 1. The van der Waals surface area contributed by atoms with Gasteiger partial charge in [0.15, 0.2) is 0 Å². The lowest BCUT2D eigenvalue weighted by molar-refractivity contribution is -0.126. The second-order valence-electron chi connectivity index (χ2n) is 4.11. The first-order valence-corrected chi connectivity index (χ1v) is 6.02. The quantitative estimate of drug-likeness (QED) is 0.675. The SMILES string of the molecule is C[C@@H](NC(=O)CNC(=O)OCc1ccccc1)C(N)=O. The van der Waals surface area contributed by atoms with Gasteiger partial charge in [0, 0.05) is 0 Å². The predicted molar refractivity (Wildman–Crippen MR) is 71.4 cm³/mol. The Morgan fingerprint density at radius 2 is 1.90 bits per heavy atom. The summed E-state index contributed by atoms with van der Waals surface area (Å²) in [4.78, 5) is 33.4. The number of amides is 3. The molecule has 0 bridgehead atoms. The summed E-state index contributed by atoms with van der Waals surface area (Å²) in [5.74, 6) is -1.17. The number of hydrogen-bond acceptors (Lipinski definition) is 4. The lowest BCUT2D eigenvalue weighted by atomic mass is 10.2. The van der Waals surface area contributed by atoms with E-state index in [1.807, 2.05) is 30.3 Å². The largest absolute Gasteiger partial charge is 0.445 e. The van der Waals surface area contributed by atoms with Gasteiger partial charge in [-0.2, -0.15) is 0 Å². The van der Waals surface area contributed by atoms with Gasteiger partial charge in [-0.05, 0) is 12.5 Å². The van der Waals surface area contributed by atoms with Gasteiger partial charge >= 0.3 is 6.09 Å². The van der Waals surface area contributed by atoms with Gasteiger partial charge in [0.05, 0.1) is 0 Å². The van der Waals surface area contributed by atoms with Crippen LogP contribution < -0.4 is 16.4 Å². The number of carbonyl (C=O) groups is 3. The third-order valence-corrected chi connectivity index (χ3v) is 2.41. The minimum absolute atomic E-state index is 0.117. The molecule has 0 aliphatic heterocycles. The topological polar surface area (TPSA) is 111 Å². The molecule has 0 aromatic heterocycles. The summed E-state index contributed by atoms with van der Waals surface area (Å²) in [7, 11) is 0. The van der Waals surface area contributed by atoms with E-state index in [0.29, 0.717) is 0 Å². The molecule has 0 aliphatic carbocycles. The van der Waals surface area contributed by atoms with Gasteiger partial charge in [0.1, 0.15) is 19.2 Å². The zero-order valence-electron chi connectivity index (χ0n) is 11.1. The molecule has 0 saturated heterocycles.